The second-order valence-corrected chi connectivity index (χ2v) is 4.11. The van der Waals surface area contributed by atoms with Crippen molar-refractivity contribution in [1.29, 1.82) is 0 Å². The van der Waals surface area contributed by atoms with E-state index in [0.717, 1.165) is 15.1 Å². The Morgan fingerprint density at radius 2 is 2.42 bits per heavy atom. The van der Waals surface area contributed by atoms with Crippen molar-refractivity contribution in [2.75, 3.05) is 6.26 Å². The van der Waals surface area contributed by atoms with Crippen molar-refractivity contribution < 1.29 is 0 Å². The number of H-pyrrole nitrogens is 1. The second kappa shape index (κ2) is 2.95. The summed E-state index contributed by atoms with van der Waals surface area (Å²) in [4.78, 5) is 16.4. The number of nitrogens with one attached hydrogen (secondary N) is 1. The standard InChI is InChI=1S/C8H7NOS2/c1-11-6-4-9-8-5(7(6)10)2-3-12-8/h2-4H,1H3,(H,9,10). The fraction of sp³-hybridized carbons (Fsp3) is 0.125. The van der Waals surface area contributed by atoms with Gasteiger partial charge in [0.05, 0.1) is 10.3 Å². The van der Waals surface area contributed by atoms with Crippen LogP contribution in [0.1, 0.15) is 0 Å². The van der Waals surface area contributed by atoms with E-state index in [0.29, 0.717) is 0 Å². The minimum Gasteiger partial charge on any atom is -0.352 e. The number of pyridine rings is 1. The quantitative estimate of drug-likeness (QED) is 0.712. The van der Waals surface area contributed by atoms with Crippen LogP contribution in [0.2, 0.25) is 0 Å². The molecule has 0 bridgehead atoms. The van der Waals surface area contributed by atoms with E-state index in [9.17, 15) is 4.79 Å². The van der Waals surface area contributed by atoms with Crippen LogP contribution in [-0.4, -0.2) is 11.2 Å². The molecular weight excluding hydrogens is 190 g/mol. The summed E-state index contributed by atoms with van der Waals surface area (Å²) in [5.74, 6) is 0. The van der Waals surface area contributed by atoms with E-state index in [2.05, 4.69) is 4.98 Å². The zero-order valence-electron chi connectivity index (χ0n) is 6.46. The van der Waals surface area contributed by atoms with Crippen LogP contribution in [0.15, 0.2) is 27.3 Å². The third-order valence-electron chi connectivity index (χ3n) is 1.69. The summed E-state index contributed by atoms with van der Waals surface area (Å²) in [7, 11) is 0. The second-order valence-electron chi connectivity index (χ2n) is 2.35. The summed E-state index contributed by atoms with van der Waals surface area (Å²) in [5.41, 5.74) is 0.137. The van der Waals surface area contributed by atoms with Gasteiger partial charge in [-0.3, -0.25) is 4.79 Å². The normalized spacial score (nSPS) is 10.8. The molecule has 0 amide bonds. The largest absolute Gasteiger partial charge is 0.352 e. The molecule has 2 rings (SSSR count). The molecule has 0 aromatic carbocycles. The first kappa shape index (κ1) is 7.89. The van der Waals surface area contributed by atoms with Crippen molar-refractivity contribution in [1.82, 2.24) is 4.98 Å². The maximum Gasteiger partial charge on any atom is 0.203 e. The molecule has 0 aliphatic heterocycles. The highest BCUT2D eigenvalue weighted by Crippen LogP contribution is 2.17. The molecule has 0 aliphatic carbocycles. The van der Waals surface area contributed by atoms with Crippen molar-refractivity contribution in [2.45, 2.75) is 4.90 Å². The van der Waals surface area contributed by atoms with Gasteiger partial charge in [0.15, 0.2) is 0 Å². The topological polar surface area (TPSA) is 32.9 Å². The molecule has 0 unspecified atom stereocenters. The van der Waals surface area contributed by atoms with E-state index in [1.165, 1.54) is 11.8 Å². The number of thiophene rings is 1. The first-order valence-corrected chi connectivity index (χ1v) is 5.56. The van der Waals surface area contributed by atoms with Crippen molar-refractivity contribution in [3.8, 4) is 0 Å². The minimum absolute atomic E-state index is 0.137. The molecule has 0 spiro atoms. The molecule has 0 radical (unpaired) electrons. The van der Waals surface area contributed by atoms with E-state index in [4.69, 9.17) is 0 Å². The van der Waals surface area contributed by atoms with Gasteiger partial charge in [-0.05, 0) is 17.7 Å². The van der Waals surface area contributed by atoms with Crippen LogP contribution >= 0.6 is 23.1 Å². The highest BCUT2D eigenvalue weighted by molar-refractivity contribution is 7.98. The van der Waals surface area contributed by atoms with Gasteiger partial charge >= 0.3 is 0 Å². The Hall–Kier alpha value is -0.740. The number of fused-ring (bicyclic) bond motifs is 1. The average Bonchev–Trinajstić information content (AvgIpc) is 2.53. The molecule has 0 fully saturated rings. The molecule has 2 aromatic heterocycles. The predicted molar refractivity (Wildman–Crippen MR) is 54.2 cm³/mol. The monoisotopic (exact) mass is 197 g/mol. The first-order chi connectivity index (χ1) is 5.83. The fourth-order valence-electron chi connectivity index (χ4n) is 1.08. The average molecular weight is 197 g/mol. The zero-order valence-corrected chi connectivity index (χ0v) is 8.09. The van der Waals surface area contributed by atoms with Crippen LogP contribution in [-0.2, 0) is 0 Å². The lowest BCUT2D eigenvalue weighted by Crippen LogP contribution is -2.02. The van der Waals surface area contributed by atoms with Gasteiger partial charge in [0.25, 0.3) is 0 Å². The van der Waals surface area contributed by atoms with Gasteiger partial charge in [-0.15, -0.1) is 23.1 Å². The zero-order chi connectivity index (χ0) is 8.55. The highest BCUT2D eigenvalue weighted by atomic mass is 32.2. The Morgan fingerprint density at radius 3 is 3.17 bits per heavy atom. The van der Waals surface area contributed by atoms with Crippen LogP contribution in [0.4, 0.5) is 0 Å². The first-order valence-electron chi connectivity index (χ1n) is 3.46. The smallest absolute Gasteiger partial charge is 0.203 e. The highest BCUT2D eigenvalue weighted by Gasteiger charge is 2.03. The molecule has 2 nitrogen and oxygen atoms in total. The molecule has 0 saturated carbocycles. The number of thioether (sulfide) groups is 1. The third kappa shape index (κ3) is 1.07. The van der Waals surface area contributed by atoms with Crippen LogP contribution < -0.4 is 5.43 Å². The minimum atomic E-state index is 0.137. The van der Waals surface area contributed by atoms with E-state index in [1.807, 2.05) is 17.7 Å². The molecule has 62 valence electrons. The van der Waals surface area contributed by atoms with Gasteiger partial charge in [0.2, 0.25) is 5.43 Å². The number of rotatable bonds is 1. The lowest BCUT2D eigenvalue weighted by atomic mass is 10.3. The Labute approximate surface area is 77.6 Å². The van der Waals surface area contributed by atoms with Crippen LogP contribution in [0.3, 0.4) is 0 Å². The Morgan fingerprint density at radius 1 is 1.58 bits per heavy atom. The molecule has 4 heteroatoms. The molecule has 0 saturated heterocycles. The maximum atomic E-state index is 11.6. The van der Waals surface area contributed by atoms with Crippen LogP contribution in [0, 0.1) is 0 Å². The van der Waals surface area contributed by atoms with E-state index in [-0.39, 0.29) is 5.43 Å². The summed E-state index contributed by atoms with van der Waals surface area (Å²) < 4.78 is 0. The Balaban J connectivity index is 2.88. The van der Waals surface area contributed by atoms with Crippen molar-refractivity contribution in [2.24, 2.45) is 0 Å². The molecule has 2 aromatic rings. The molecule has 12 heavy (non-hydrogen) atoms. The van der Waals surface area contributed by atoms with Gasteiger partial charge in [-0.25, -0.2) is 0 Å². The number of aromatic nitrogens is 1. The van der Waals surface area contributed by atoms with Gasteiger partial charge in [0.1, 0.15) is 4.83 Å². The van der Waals surface area contributed by atoms with Gasteiger partial charge < -0.3 is 4.98 Å². The summed E-state index contributed by atoms with van der Waals surface area (Å²) >= 11 is 3.03. The van der Waals surface area contributed by atoms with Gasteiger partial charge in [-0.1, -0.05) is 0 Å². The molecule has 0 aliphatic rings. The fourth-order valence-corrected chi connectivity index (χ4v) is 2.31. The predicted octanol–water partition coefficient (Wildman–Crippen LogP) is 2.31. The van der Waals surface area contributed by atoms with Gasteiger partial charge in [0, 0.05) is 6.20 Å². The Bertz CT molecular complexity index is 457. The van der Waals surface area contributed by atoms with Crippen LogP contribution in [0.5, 0.6) is 0 Å². The van der Waals surface area contributed by atoms with Gasteiger partial charge in [-0.2, -0.15) is 0 Å². The summed E-state index contributed by atoms with van der Waals surface area (Å²) in [6.45, 7) is 0. The number of aromatic amines is 1. The number of hydrogen-bond acceptors (Lipinski definition) is 3. The molecule has 2 heterocycles. The molecule has 1 N–H and O–H groups in total. The lowest BCUT2D eigenvalue weighted by molar-refractivity contribution is 1.28. The molecular formula is C8H7NOS2. The summed E-state index contributed by atoms with van der Waals surface area (Å²) in [6, 6.07) is 1.86. The maximum absolute atomic E-state index is 11.6. The van der Waals surface area contributed by atoms with Crippen LogP contribution in [0.25, 0.3) is 10.2 Å². The SMILES string of the molecule is CSc1c[nH]c2sccc2c1=O. The van der Waals surface area contributed by atoms with E-state index in [1.54, 1.807) is 17.5 Å². The van der Waals surface area contributed by atoms with Crippen molar-refractivity contribution in [3.05, 3.63) is 27.9 Å². The lowest BCUT2D eigenvalue weighted by Gasteiger charge is -1.94. The van der Waals surface area contributed by atoms with Crippen molar-refractivity contribution >= 4 is 33.3 Å². The van der Waals surface area contributed by atoms with Crippen molar-refractivity contribution in [3.63, 3.8) is 0 Å². The Kier molecular flexibility index (Phi) is 1.94. The number of hydrogen-bond donors (Lipinski definition) is 1. The van der Waals surface area contributed by atoms with E-state index >= 15 is 0 Å². The molecule has 0 atom stereocenters. The van der Waals surface area contributed by atoms with E-state index < -0.39 is 0 Å². The summed E-state index contributed by atoms with van der Waals surface area (Å²) in [5, 5.41) is 2.72. The summed E-state index contributed by atoms with van der Waals surface area (Å²) in [6.07, 6.45) is 3.68. The third-order valence-corrected chi connectivity index (χ3v) is 3.28.